The molecule has 0 saturated heterocycles. The van der Waals surface area contributed by atoms with Crippen LogP contribution in [0.5, 0.6) is 5.88 Å². The van der Waals surface area contributed by atoms with Crippen LogP contribution in [0.1, 0.15) is 26.7 Å². The Hall–Kier alpha value is -1.52. The molecule has 1 aliphatic carbocycles. The largest absolute Gasteiger partial charge is 0.476 e. The van der Waals surface area contributed by atoms with Crippen LogP contribution in [-0.4, -0.2) is 23.1 Å². The van der Waals surface area contributed by atoms with E-state index >= 15 is 0 Å². The summed E-state index contributed by atoms with van der Waals surface area (Å²) in [5.74, 6) is 2.68. The van der Waals surface area contributed by atoms with E-state index in [1.165, 1.54) is 19.2 Å². The molecule has 17 heavy (non-hydrogen) atoms. The first-order valence-corrected chi connectivity index (χ1v) is 6.19. The Morgan fingerprint density at radius 1 is 1.53 bits per heavy atom. The first-order valence-electron chi connectivity index (χ1n) is 6.19. The molecule has 0 amide bonds. The summed E-state index contributed by atoms with van der Waals surface area (Å²) >= 11 is 0. The molecule has 0 aliphatic heterocycles. The lowest BCUT2D eigenvalue weighted by Crippen LogP contribution is -2.15. The zero-order chi connectivity index (χ0) is 12.3. The average molecular weight is 236 g/mol. The lowest BCUT2D eigenvalue weighted by Gasteiger charge is -2.14. The summed E-state index contributed by atoms with van der Waals surface area (Å²) < 4.78 is 5.33. The Kier molecular flexibility index (Phi) is 3.66. The van der Waals surface area contributed by atoms with Gasteiger partial charge in [0.05, 0.1) is 6.61 Å². The highest BCUT2D eigenvalue weighted by molar-refractivity contribution is 5.66. The van der Waals surface area contributed by atoms with Crippen molar-refractivity contribution in [3.8, 4) is 5.88 Å². The highest BCUT2D eigenvalue weighted by atomic mass is 16.5. The van der Waals surface area contributed by atoms with Gasteiger partial charge in [-0.25, -0.2) is 4.98 Å². The first-order chi connectivity index (χ1) is 8.22. The smallest absolute Gasteiger partial charge is 0.242 e. The molecular formula is C12H20N4O. The van der Waals surface area contributed by atoms with E-state index in [1.54, 1.807) is 0 Å². The van der Waals surface area contributed by atoms with E-state index in [9.17, 15) is 0 Å². The molecule has 0 spiro atoms. The summed E-state index contributed by atoms with van der Waals surface area (Å²) in [5.41, 5.74) is 6.43. The third-order valence-electron chi connectivity index (χ3n) is 3.15. The van der Waals surface area contributed by atoms with Crippen LogP contribution in [0, 0.1) is 11.8 Å². The van der Waals surface area contributed by atoms with Crippen molar-refractivity contribution in [2.24, 2.45) is 11.8 Å². The zero-order valence-electron chi connectivity index (χ0n) is 10.4. The summed E-state index contributed by atoms with van der Waals surface area (Å²) in [4.78, 5) is 8.15. The van der Waals surface area contributed by atoms with E-state index in [2.05, 4.69) is 22.2 Å². The molecule has 0 bridgehead atoms. The van der Waals surface area contributed by atoms with E-state index in [0.29, 0.717) is 29.9 Å². The van der Waals surface area contributed by atoms with Gasteiger partial charge in [0, 0.05) is 6.54 Å². The number of aromatic nitrogens is 2. The van der Waals surface area contributed by atoms with Crippen molar-refractivity contribution >= 4 is 11.5 Å². The fourth-order valence-electron chi connectivity index (χ4n) is 1.86. The summed E-state index contributed by atoms with van der Waals surface area (Å²) in [6, 6.07) is 0. The third-order valence-corrected chi connectivity index (χ3v) is 3.15. The molecular weight excluding hydrogens is 216 g/mol. The molecule has 1 saturated carbocycles. The topological polar surface area (TPSA) is 73.1 Å². The molecule has 5 nitrogen and oxygen atoms in total. The summed E-state index contributed by atoms with van der Waals surface area (Å²) in [6.45, 7) is 5.62. The molecule has 1 heterocycles. The second-order valence-electron chi connectivity index (χ2n) is 4.57. The van der Waals surface area contributed by atoms with Crippen LogP contribution in [0.15, 0.2) is 6.33 Å². The van der Waals surface area contributed by atoms with Crippen molar-refractivity contribution in [3.63, 3.8) is 0 Å². The van der Waals surface area contributed by atoms with Crippen LogP contribution in [0.25, 0.3) is 0 Å². The maximum absolute atomic E-state index is 5.93. The van der Waals surface area contributed by atoms with Crippen LogP contribution in [-0.2, 0) is 0 Å². The van der Waals surface area contributed by atoms with Crippen LogP contribution in [0.3, 0.4) is 0 Å². The van der Waals surface area contributed by atoms with Gasteiger partial charge in [-0.2, -0.15) is 4.98 Å². The fraction of sp³-hybridized carbons (Fsp3) is 0.667. The van der Waals surface area contributed by atoms with Crippen molar-refractivity contribution in [2.45, 2.75) is 26.7 Å². The van der Waals surface area contributed by atoms with Gasteiger partial charge in [-0.15, -0.1) is 0 Å². The highest BCUT2D eigenvalue weighted by Crippen LogP contribution is 2.36. The Morgan fingerprint density at radius 2 is 2.29 bits per heavy atom. The van der Waals surface area contributed by atoms with Crippen LogP contribution >= 0.6 is 0 Å². The highest BCUT2D eigenvalue weighted by Gasteiger charge is 2.27. The van der Waals surface area contributed by atoms with E-state index in [1.807, 2.05) is 6.92 Å². The Balaban J connectivity index is 1.96. The van der Waals surface area contributed by atoms with Gasteiger partial charge >= 0.3 is 0 Å². The van der Waals surface area contributed by atoms with Gasteiger partial charge in [-0.3, -0.25) is 0 Å². The van der Waals surface area contributed by atoms with E-state index in [0.717, 1.165) is 12.5 Å². The molecule has 1 atom stereocenters. The number of nitrogens with zero attached hydrogens (tertiary/aromatic N) is 2. The second-order valence-corrected chi connectivity index (χ2v) is 4.57. The summed E-state index contributed by atoms with van der Waals surface area (Å²) in [7, 11) is 0. The van der Waals surface area contributed by atoms with Gasteiger partial charge in [-0.05, 0) is 31.6 Å². The molecule has 3 N–H and O–H groups in total. The lowest BCUT2D eigenvalue weighted by atomic mass is 10.1. The zero-order valence-corrected chi connectivity index (χ0v) is 10.4. The molecule has 2 rings (SSSR count). The monoisotopic (exact) mass is 236 g/mol. The number of nitrogen functional groups attached to an aromatic ring is 1. The van der Waals surface area contributed by atoms with Gasteiger partial charge < -0.3 is 15.8 Å². The molecule has 0 radical (unpaired) electrons. The Labute approximate surface area is 102 Å². The summed E-state index contributed by atoms with van der Waals surface area (Å²) in [5, 5.41) is 3.28. The predicted molar refractivity (Wildman–Crippen MR) is 68.0 cm³/mol. The Morgan fingerprint density at radius 3 is 2.94 bits per heavy atom. The Bertz CT molecular complexity index is 379. The average Bonchev–Trinajstić information content (AvgIpc) is 3.14. The van der Waals surface area contributed by atoms with Crippen molar-refractivity contribution in [3.05, 3.63) is 6.33 Å². The molecule has 1 fully saturated rings. The second kappa shape index (κ2) is 5.21. The number of anilines is 2. The number of ether oxygens (including phenoxy) is 1. The maximum atomic E-state index is 5.93. The number of hydrogen-bond donors (Lipinski definition) is 2. The minimum absolute atomic E-state index is 0.462. The molecule has 1 aromatic heterocycles. The molecule has 1 unspecified atom stereocenters. The minimum Gasteiger partial charge on any atom is -0.476 e. The van der Waals surface area contributed by atoms with Gasteiger partial charge in [0.15, 0.2) is 5.82 Å². The minimum atomic E-state index is 0.462. The van der Waals surface area contributed by atoms with Crippen molar-refractivity contribution < 1.29 is 4.74 Å². The standard InChI is InChI=1S/C12H20N4O/c1-3-17-12-10(13)11(15-7-16-12)14-6-8(2)9-4-5-9/h7-9H,3-6,13H2,1-2H3,(H,14,15,16). The molecule has 1 aliphatic rings. The van der Waals surface area contributed by atoms with Gasteiger partial charge in [0.25, 0.3) is 0 Å². The van der Waals surface area contributed by atoms with Gasteiger partial charge in [-0.1, -0.05) is 6.92 Å². The molecule has 1 aromatic rings. The van der Waals surface area contributed by atoms with E-state index in [4.69, 9.17) is 10.5 Å². The van der Waals surface area contributed by atoms with Crippen molar-refractivity contribution in [1.29, 1.82) is 0 Å². The molecule has 94 valence electrons. The quantitative estimate of drug-likeness (QED) is 0.789. The molecule has 5 heteroatoms. The summed E-state index contributed by atoms with van der Waals surface area (Å²) in [6.07, 6.45) is 4.18. The first kappa shape index (κ1) is 12.0. The predicted octanol–water partition coefficient (Wildman–Crippen LogP) is 1.92. The normalized spacial score (nSPS) is 16.6. The lowest BCUT2D eigenvalue weighted by molar-refractivity contribution is 0.328. The number of nitrogens with one attached hydrogen (secondary N) is 1. The number of rotatable bonds is 6. The van der Waals surface area contributed by atoms with E-state index in [-0.39, 0.29) is 0 Å². The third kappa shape index (κ3) is 2.99. The van der Waals surface area contributed by atoms with Gasteiger partial charge in [0.1, 0.15) is 12.0 Å². The van der Waals surface area contributed by atoms with Crippen molar-refractivity contribution in [2.75, 3.05) is 24.2 Å². The SMILES string of the molecule is CCOc1ncnc(NCC(C)C2CC2)c1N. The fourth-order valence-corrected chi connectivity index (χ4v) is 1.86. The van der Waals surface area contributed by atoms with Gasteiger partial charge in [0.2, 0.25) is 5.88 Å². The van der Waals surface area contributed by atoms with Crippen molar-refractivity contribution in [1.82, 2.24) is 9.97 Å². The van der Waals surface area contributed by atoms with Crippen LogP contribution in [0.4, 0.5) is 11.5 Å². The van der Waals surface area contributed by atoms with Crippen LogP contribution in [0.2, 0.25) is 0 Å². The number of nitrogens with two attached hydrogens (primary N) is 1. The maximum Gasteiger partial charge on any atom is 0.242 e. The van der Waals surface area contributed by atoms with E-state index < -0.39 is 0 Å². The van der Waals surface area contributed by atoms with Crippen LogP contribution < -0.4 is 15.8 Å². The molecule has 0 aromatic carbocycles. The number of hydrogen-bond acceptors (Lipinski definition) is 5.